The number of nitro groups is 1. The maximum atomic E-state index is 12.1. The summed E-state index contributed by atoms with van der Waals surface area (Å²) < 4.78 is 11.1. The number of carbonyl (C=O) groups is 1. The summed E-state index contributed by atoms with van der Waals surface area (Å²) in [7, 11) is 0. The molecular weight excluding hydrogens is 302 g/mol. The first-order chi connectivity index (χ1) is 10.7. The molecule has 8 nitrogen and oxygen atoms in total. The normalized spacial score (nSPS) is 18.4. The molecule has 2 heterocycles. The number of ether oxygens (including phenoxy) is 2. The molecule has 1 fully saturated rings. The summed E-state index contributed by atoms with van der Waals surface area (Å²) >= 11 is 0. The first kappa shape index (κ1) is 17.0. The lowest BCUT2D eigenvalue weighted by atomic mass is 10.1. The number of amides is 1. The van der Waals surface area contributed by atoms with Gasteiger partial charge in [-0.25, -0.2) is 4.79 Å². The Morgan fingerprint density at radius 3 is 2.74 bits per heavy atom. The van der Waals surface area contributed by atoms with Gasteiger partial charge in [-0.1, -0.05) is 0 Å². The lowest BCUT2D eigenvalue weighted by molar-refractivity contribution is -0.389. The minimum absolute atomic E-state index is 0.181. The number of rotatable bonds is 3. The van der Waals surface area contributed by atoms with Crippen LogP contribution in [0.4, 0.5) is 10.6 Å². The van der Waals surface area contributed by atoms with E-state index in [0.717, 1.165) is 12.8 Å². The standard InChI is InChI=1S/C15H21N3O5/c1-15(2,3)23-14(19)17-8-4-5-12(10-17)22-11-6-7-13(16-9-11)18(20)21/h6-7,9,12H,4-5,8,10H2,1-3H3/t12-/m0/s1. The first-order valence-electron chi connectivity index (χ1n) is 7.49. The van der Waals surface area contributed by atoms with E-state index in [2.05, 4.69) is 4.98 Å². The summed E-state index contributed by atoms with van der Waals surface area (Å²) in [6.45, 7) is 6.53. The summed E-state index contributed by atoms with van der Waals surface area (Å²) in [6.07, 6.45) is 2.40. The average Bonchev–Trinajstić information content (AvgIpc) is 2.46. The highest BCUT2D eigenvalue weighted by molar-refractivity contribution is 5.68. The van der Waals surface area contributed by atoms with E-state index in [4.69, 9.17) is 9.47 Å². The van der Waals surface area contributed by atoms with Gasteiger partial charge >= 0.3 is 11.9 Å². The fraction of sp³-hybridized carbons (Fsp3) is 0.600. The zero-order chi connectivity index (χ0) is 17.0. The third-order valence-corrected chi connectivity index (χ3v) is 3.24. The van der Waals surface area contributed by atoms with Crippen LogP contribution >= 0.6 is 0 Å². The molecule has 1 amide bonds. The topological polar surface area (TPSA) is 94.8 Å². The molecule has 1 aromatic heterocycles. The number of piperidine rings is 1. The number of hydrogen-bond donors (Lipinski definition) is 0. The van der Waals surface area contributed by atoms with Gasteiger partial charge in [-0.15, -0.1) is 0 Å². The molecule has 1 aliphatic heterocycles. The highest BCUT2D eigenvalue weighted by atomic mass is 16.6. The van der Waals surface area contributed by atoms with Crippen molar-refractivity contribution >= 4 is 11.9 Å². The zero-order valence-electron chi connectivity index (χ0n) is 13.5. The maximum absolute atomic E-state index is 12.1. The molecule has 1 aliphatic rings. The van der Waals surface area contributed by atoms with Crippen LogP contribution in [0.25, 0.3) is 0 Å². The number of hydrogen-bond acceptors (Lipinski definition) is 6. The van der Waals surface area contributed by atoms with E-state index in [1.165, 1.54) is 18.3 Å². The van der Waals surface area contributed by atoms with Gasteiger partial charge in [-0.05, 0) is 49.6 Å². The van der Waals surface area contributed by atoms with Gasteiger partial charge in [-0.3, -0.25) is 0 Å². The third kappa shape index (κ3) is 5.08. The molecule has 1 saturated heterocycles. The van der Waals surface area contributed by atoms with Crippen molar-refractivity contribution < 1.29 is 19.2 Å². The van der Waals surface area contributed by atoms with E-state index in [0.29, 0.717) is 18.8 Å². The van der Waals surface area contributed by atoms with Crippen LogP contribution in [0.1, 0.15) is 33.6 Å². The Labute approximate surface area is 134 Å². The quantitative estimate of drug-likeness (QED) is 0.627. The molecule has 0 unspecified atom stereocenters. The predicted octanol–water partition coefficient (Wildman–Crippen LogP) is 2.77. The fourth-order valence-corrected chi connectivity index (χ4v) is 2.27. The fourth-order valence-electron chi connectivity index (χ4n) is 2.27. The van der Waals surface area contributed by atoms with Gasteiger partial charge < -0.3 is 24.5 Å². The van der Waals surface area contributed by atoms with Crippen LogP contribution in [0.3, 0.4) is 0 Å². The Morgan fingerprint density at radius 1 is 1.43 bits per heavy atom. The van der Waals surface area contributed by atoms with Crippen LogP contribution in [-0.2, 0) is 4.74 Å². The molecule has 0 spiro atoms. The van der Waals surface area contributed by atoms with Crippen LogP contribution in [0.5, 0.6) is 5.75 Å². The molecule has 0 bridgehead atoms. The first-order valence-corrected chi connectivity index (χ1v) is 7.49. The highest BCUT2D eigenvalue weighted by Crippen LogP contribution is 2.21. The second kappa shape index (κ2) is 6.80. The van der Waals surface area contributed by atoms with Crippen molar-refractivity contribution in [3.05, 3.63) is 28.4 Å². The van der Waals surface area contributed by atoms with E-state index < -0.39 is 10.5 Å². The number of pyridine rings is 1. The third-order valence-electron chi connectivity index (χ3n) is 3.24. The second-order valence-electron chi connectivity index (χ2n) is 6.42. The predicted molar refractivity (Wildman–Crippen MR) is 82.3 cm³/mol. The minimum Gasteiger partial charge on any atom is -0.485 e. The van der Waals surface area contributed by atoms with Crippen molar-refractivity contribution in [3.8, 4) is 5.75 Å². The summed E-state index contributed by atoms with van der Waals surface area (Å²) in [6, 6.07) is 2.81. The van der Waals surface area contributed by atoms with Crippen molar-refractivity contribution in [1.29, 1.82) is 0 Å². The summed E-state index contributed by atoms with van der Waals surface area (Å²) in [5.41, 5.74) is -0.535. The molecule has 8 heteroatoms. The largest absolute Gasteiger partial charge is 0.485 e. The van der Waals surface area contributed by atoms with Crippen molar-refractivity contribution in [2.75, 3.05) is 13.1 Å². The van der Waals surface area contributed by atoms with E-state index in [1.54, 1.807) is 4.90 Å². The monoisotopic (exact) mass is 323 g/mol. The molecule has 0 radical (unpaired) electrons. The summed E-state index contributed by atoms with van der Waals surface area (Å²) in [4.78, 5) is 27.4. The van der Waals surface area contributed by atoms with E-state index >= 15 is 0 Å². The number of nitrogens with zero attached hydrogens (tertiary/aromatic N) is 3. The van der Waals surface area contributed by atoms with Gasteiger partial charge in [0, 0.05) is 12.6 Å². The molecule has 126 valence electrons. The molecular formula is C15H21N3O5. The molecule has 1 atom stereocenters. The molecule has 0 N–H and O–H groups in total. The molecule has 23 heavy (non-hydrogen) atoms. The average molecular weight is 323 g/mol. The van der Waals surface area contributed by atoms with Crippen LogP contribution in [-0.4, -0.2) is 45.7 Å². The summed E-state index contributed by atoms with van der Waals surface area (Å²) in [5, 5.41) is 10.6. The highest BCUT2D eigenvalue weighted by Gasteiger charge is 2.28. The van der Waals surface area contributed by atoms with Gasteiger partial charge in [0.05, 0.1) is 6.54 Å². The Morgan fingerprint density at radius 2 is 2.17 bits per heavy atom. The number of likely N-dealkylation sites (tertiary alicyclic amines) is 1. The SMILES string of the molecule is CC(C)(C)OC(=O)N1CCC[C@H](Oc2ccc([N+](=O)[O-])nc2)C1. The van der Waals surface area contributed by atoms with Crippen LogP contribution in [0.15, 0.2) is 18.3 Å². The lowest BCUT2D eigenvalue weighted by Gasteiger charge is -2.34. The van der Waals surface area contributed by atoms with Crippen molar-refractivity contribution in [1.82, 2.24) is 9.88 Å². The number of aromatic nitrogens is 1. The zero-order valence-corrected chi connectivity index (χ0v) is 13.5. The Kier molecular flexibility index (Phi) is 5.02. The smallest absolute Gasteiger partial charge is 0.410 e. The van der Waals surface area contributed by atoms with Crippen molar-refractivity contribution in [3.63, 3.8) is 0 Å². The van der Waals surface area contributed by atoms with Crippen LogP contribution in [0.2, 0.25) is 0 Å². The van der Waals surface area contributed by atoms with Crippen molar-refractivity contribution in [2.24, 2.45) is 0 Å². The van der Waals surface area contributed by atoms with Crippen LogP contribution in [0, 0.1) is 10.1 Å². The molecule has 0 saturated carbocycles. The number of carbonyl (C=O) groups excluding carboxylic acids is 1. The Balaban J connectivity index is 1.93. The molecule has 0 aromatic carbocycles. The van der Waals surface area contributed by atoms with Crippen molar-refractivity contribution in [2.45, 2.75) is 45.3 Å². The van der Waals surface area contributed by atoms with E-state index in [-0.39, 0.29) is 18.0 Å². The maximum Gasteiger partial charge on any atom is 0.410 e. The Bertz CT molecular complexity index is 567. The van der Waals surface area contributed by atoms with Crippen LogP contribution < -0.4 is 4.74 Å². The second-order valence-corrected chi connectivity index (χ2v) is 6.42. The van der Waals surface area contributed by atoms with Gasteiger partial charge in [0.25, 0.3) is 0 Å². The lowest BCUT2D eigenvalue weighted by Crippen LogP contribution is -2.46. The van der Waals surface area contributed by atoms with Gasteiger partial charge in [0.15, 0.2) is 11.9 Å². The van der Waals surface area contributed by atoms with E-state index in [1.807, 2.05) is 20.8 Å². The van der Waals surface area contributed by atoms with Gasteiger partial charge in [0.2, 0.25) is 0 Å². The molecule has 2 rings (SSSR count). The summed E-state index contributed by atoms with van der Waals surface area (Å²) in [5.74, 6) is 0.225. The molecule has 1 aromatic rings. The Hall–Kier alpha value is -2.38. The van der Waals surface area contributed by atoms with Gasteiger partial charge in [0.1, 0.15) is 11.7 Å². The molecule has 0 aliphatic carbocycles. The van der Waals surface area contributed by atoms with Gasteiger partial charge in [-0.2, -0.15) is 0 Å². The van der Waals surface area contributed by atoms with E-state index in [9.17, 15) is 14.9 Å². The minimum atomic E-state index is -0.561.